The molecule has 0 spiro atoms. The Kier molecular flexibility index (Phi) is 4.75. The SMILES string of the molecule is Cl.NC1CCC(C(=O)Nc2n[nH]c(C(F)(F)F)n2)C1. The predicted molar refractivity (Wildman–Crippen MR) is 62.6 cm³/mol. The van der Waals surface area contributed by atoms with E-state index in [1.165, 1.54) is 0 Å². The number of nitrogens with two attached hydrogens (primary N) is 1. The lowest BCUT2D eigenvalue weighted by Crippen LogP contribution is -2.23. The van der Waals surface area contributed by atoms with Crippen molar-refractivity contribution in [1.29, 1.82) is 0 Å². The second-order valence-electron chi connectivity index (χ2n) is 4.26. The van der Waals surface area contributed by atoms with E-state index in [1.807, 2.05) is 0 Å². The first-order valence-corrected chi connectivity index (χ1v) is 5.42. The summed E-state index contributed by atoms with van der Waals surface area (Å²) in [5.74, 6) is -2.28. The van der Waals surface area contributed by atoms with Crippen LogP contribution in [0.5, 0.6) is 0 Å². The van der Waals surface area contributed by atoms with Gasteiger partial charge in [0.25, 0.3) is 0 Å². The van der Waals surface area contributed by atoms with E-state index in [9.17, 15) is 18.0 Å². The van der Waals surface area contributed by atoms with Crippen LogP contribution in [0.15, 0.2) is 0 Å². The zero-order valence-electron chi connectivity index (χ0n) is 9.70. The van der Waals surface area contributed by atoms with Gasteiger partial charge in [0.15, 0.2) is 0 Å². The highest BCUT2D eigenvalue weighted by Gasteiger charge is 2.36. The molecule has 1 saturated carbocycles. The van der Waals surface area contributed by atoms with E-state index in [0.29, 0.717) is 12.8 Å². The minimum absolute atomic E-state index is 0. The molecule has 10 heteroatoms. The van der Waals surface area contributed by atoms with Crippen LogP contribution in [-0.2, 0) is 11.0 Å². The number of alkyl halides is 3. The fraction of sp³-hybridized carbons (Fsp3) is 0.667. The van der Waals surface area contributed by atoms with Gasteiger partial charge in [-0.15, -0.1) is 17.5 Å². The zero-order valence-corrected chi connectivity index (χ0v) is 10.5. The van der Waals surface area contributed by atoms with Crippen LogP contribution in [0.1, 0.15) is 25.1 Å². The van der Waals surface area contributed by atoms with Gasteiger partial charge in [-0.25, -0.2) is 0 Å². The van der Waals surface area contributed by atoms with Crippen molar-refractivity contribution in [1.82, 2.24) is 15.2 Å². The van der Waals surface area contributed by atoms with Gasteiger partial charge in [-0.3, -0.25) is 15.2 Å². The van der Waals surface area contributed by atoms with Crippen LogP contribution < -0.4 is 11.1 Å². The van der Waals surface area contributed by atoms with E-state index in [1.54, 1.807) is 5.10 Å². The molecule has 1 fully saturated rings. The number of nitrogens with one attached hydrogen (secondary N) is 2. The Morgan fingerprint density at radius 2 is 2.11 bits per heavy atom. The van der Waals surface area contributed by atoms with E-state index < -0.39 is 17.9 Å². The molecule has 0 radical (unpaired) electrons. The van der Waals surface area contributed by atoms with Crippen molar-refractivity contribution >= 4 is 24.3 Å². The Morgan fingerprint density at radius 1 is 1.42 bits per heavy atom. The van der Waals surface area contributed by atoms with Crippen molar-refractivity contribution in [2.24, 2.45) is 11.7 Å². The van der Waals surface area contributed by atoms with Gasteiger partial charge in [0.05, 0.1) is 0 Å². The van der Waals surface area contributed by atoms with Crippen LogP contribution in [0.3, 0.4) is 0 Å². The second kappa shape index (κ2) is 5.74. The first-order chi connectivity index (χ1) is 8.36. The fourth-order valence-electron chi connectivity index (χ4n) is 1.91. The molecule has 1 amide bonds. The highest BCUT2D eigenvalue weighted by Crippen LogP contribution is 2.27. The molecule has 2 rings (SSSR count). The average Bonchev–Trinajstić information content (AvgIpc) is 2.85. The summed E-state index contributed by atoms with van der Waals surface area (Å²) in [5, 5.41) is 7.27. The molecule has 1 aliphatic rings. The smallest absolute Gasteiger partial charge is 0.328 e. The highest BCUT2D eigenvalue weighted by molar-refractivity contribution is 5.91. The van der Waals surface area contributed by atoms with Gasteiger partial charge in [0.1, 0.15) is 0 Å². The minimum atomic E-state index is -4.61. The number of halogens is 4. The molecule has 2 atom stereocenters. The van der Waals surface area contributed by atoms with Crippen molar-refractivity contribution in [2.75, 3.05) is 5.32 Å². The van der Waals surface area contributed by atoms with Gasteiger partial charge in [-0.1, -0.05) is 0 Å². The summed E-state index contributed by atoms with van der Waals surface area (Å²) < 4.78 is 36.7. The molecular formula is C9H13ClF3N5O. The Hall–Kier alpha value is -1.35. The van der Waals surface area contributed by atoms with Crippen molar-refractivity contribution in [2.45, 2.75) is 31.5 Å². The van der Waals surface area contributed by atoms with Crippen LogP contribution in [0.4, 0.5) is 19.1 Å². The molecule has 6 nitrogen and oxygen atoms in total. The van der Waals surface area contributed by atoms with Crippen LogP contribution in [0, 0.1) is 5.92 Å². The Balaban J connectivity index is 0.00000180. The maximum absolute atomic E-state index is 12.2. The summed E-state index contributed by atoms with van der Waals surface area (Å²) in [5.41, 5.74) is 5.65. The van der Waals surface area contributed by atoms with Gasteiger partial charge in [-0.05, 0) is 19.3 Å². The van der Waals surface area contributed by atoms with E-state index in [2.05, 4.69) is 15.4 Å². The summed E-state index contributed by atoms with van der Waals surface area (Å²) in [6, 6.07) is -0.0290. The molecule has 4 N–H and O–H groups in total. The number of hydrogen-bond acceptors (Lipinski definition) is 4. The van der Waals surface area contributed by atoms with Crippen molar-refractivity contribution in [3.63, 3.8) is 0 Å². The predicted octanol–water partition coefficient (Wildman–Crippen LogP) is 1.31. The Morgan fingerprint density at radius 3 is 2.58 bits per heavy atom. The first kappa shape index (κ1) is 15.7. The molecule has 1 aromatic rings. The fourth-order valence-corrected chi connectivity index (χ4v) is 1.91. The molecule has 2 unspecified atom stereocenters. The summed E-state index contributed by atoms with van der Waals surface area (Å²) in [7, 11) is 0. The van der Waals surface area contributed by atoms with Crippen molar-refractivity contribution in [3.05, 3.63) is 5.82 Å². The number of H-pyrrole nitrogens is 1. The number of nitrogens with zero attached hydrogens (tertiary/aromatic N) is 2. The van der Waals surface area contributed by atoms with E-state index in [-0.39, 0.29) is 30.3 Å². The van der Waals surface area contributed by atoms with Crippen molar-refractivity contribution < 1.29 is 18.0 Å². The number of aromatic amines is 1. The summed E-state index contributed by atoms with van der Waals surface area (Å²) in [6.07, 6.45) is -2.71. The standard InChI is InChI=1S/C9H12F3N5O.ClH/c10-9(11,12)7-15-8(17-16-7)14-6(18)4-1-2-5(13)3-4;/h4-5H,1-3,13H2,(H2,14,15,16,17,18);1H. The second-order valence-corrected chi connectivity index (χ2v) is 4.26. The summed E-state index contributed by atoms with van der Waals surface area (Å²) >= 11 is 0. The summed E-state index contributed by atoms with van der Waals surface area (Å²) in [4.78, 5) is 14.8. The lowest BCUT2D eigenvalue weighted by atomic mass is 10.1. The average molecular weight is 300 g/mol. The molecular weight excluding hydrogens is 287 g/mol. The molecule has 108 valence electrons. The van der Waals surface area contributed by atoms with Crippen LogP contribution in [0.2, 0.25) is 0 Å². The van der Waals surface area contributed by atoms with Crippen LogP contribution in [-0.4, -0.2) is 27.1 Å². The molecule has 0 aliphatic heterocycles. The van der Waals surface area contributed by atoms with Crippen LogP contribution >= 0.6 is 12.4 Å². The third kappa shape index (κ3) is 3.80. The van der Waals surface area contributed by atoms with Gasteiger partial charge >= 0.3 is 6.18 Å². The largest absolute Gasteiger partial charge is 0.451 e. The van der Waals surface area contributed by atoms with E-state index in [0.717, 1.165) is 6.42 Å². The normalized spacial score (nSPS) is 22.9. The zero-order chi connectivity index (χ0) is 13.3. The first-order valence-electron chi connectivity index (χ1n) is 5.42. The minimum Gasteiger partial charge on any atom is -0.328 e. The number of anilines is 1. The number of aromatic nitrogens is 3. The number of carbonyl (C=O) groups excluding carboxylic acids is 1. The van der Waals surface area contributed by atoms with E-state index in [4.69, 9.17) is 5.73 Å². The lowest BCUT2D eigenvalue weighted by Gasteiger charge is -2.07. The molecule has 1 aromatic heterocycles. The molecule has 19 heavy (non-hydrogen) atoms. The maximum atomic E-state index is 12.2. The lowest BCUT2D eigenvalue weighted by molar-refractivity contribution is -0.144. The topological polar surface area (TPSA) is 96.7 Å². The summed E-state index contributed by atoms with van der Waals surface area (Å²) in [6.45, 7) is 0. The quantitative estimate of drug-likeness (QED) is 0.767. The number of hydrogen-bond donors (Lipinski definition) is 3. The van der Waals surface area contributed by atoms with Gasteiger partial charge in [0, 0.05) is 12.0 Å². The molecule has 1 heterocycles. The monoisotopic (exact) mass is 299 g/mol. The van der Waals surface area contributed by atoms with Gasteiger partial charge < -0.3 is 5.73 Å². The molecule has 0 saturated heterocycles. The van der Waals surface area contributed by atoms with Gasteiger partial charge in [0.2, 0.25) is 17.7 Å². The number of amides is 1. The third-order valence-electron chi connectivity index (χ3n) is 2.83. The molecule has 0 aromatic carbocycles. The van der Waals surface area contributed by atoms with E-state index >= 15 is 0 Å². The Labute approximate surface area is 112 Å². The number of carbonyl (C=O) groups is 1. The number of rotatable bonds is 2. The molecule has 0 bridgehead atoms. The third-order valence-corrected chi connectivity index (χ3v) is 2.83. The highest BCUT2D eigenvalue weighted by atomic mass is 35.5. The van der Waals surface area contributed by atoms with Crippen molar-refractivity contribution in [3.8, 4) is 0 Å². The maximum Gasteiger partial charge on any atom is 0.451 e. The van der Waals surface area contributed by atoms with Crippen LogP contribution in [0.25, 0.3) is 0 Å². The Bertz CT molecular complexity index is 449. The molecule has 1 aliphatic carbocycles. The van der Waals surface area contributed by atoms with Gasteiger partial charge in [-0.2, -0.15) is 18.2 Å².